The Hall–Kier alpha value is -1.64. The van der Waals surface area contributed by atoms with E-state index in [2.05, 4.69) is 0 Å². The van der Waals surface area contributed by atoms with Crippen LogP contribution in [0.2, 0.25) is 0 Å². The molecule has 1 aromatic rings. The molecule has 1 aromatic carbocycles. The molecule has 0 amide bonds. The molecule has 0 atom stereocenters. The molecule has 0 saturated carbocycles. The molecule has 0 heterocycles. The highest BCUT2D eigenvalue weighted by Crippen LogP contribution is 2.18. The number of hydrogen-bond acceptors (Lipinski definition) is 2. The van der Waals surface area contributed by atoms with Gasteiger partial charge in [0.2, 0.25) is 0 Å². The van der Waals surface area contributed by atoms with Gasteiger partial charge in [0.15, 0.2) is 17.3 Å². The molecule has 3 heteroatoms. The van der Waals surface area contributed by atoms with Gasteiger partial charge in [-0.3, -0.25) is 4.79 Å². The second-order valence-electron chi connectivity index (χ2n) is 3.44. The first-order valence-electron chi connectivity index (χ1n) is 4.57. The zero-order valence-electron chi connectivity index (χ0n) is 9.00. The van der Waals surface area contributed by atoms with Crippen molar-refractivity contribution >= 4 is 5.78 Å². The standard InChI is InChI=1S/C12H13FO2/c1-8(2)6-11(14)9-4-5-10(13)12(7-9)15-3/h4-7H,1-3H3. The number of halogens is 1. The molecule has 0 aromatic heterocycles. The van der Waals surface area contributed by atoms with E-state index in [1.54, 1.807) is 0 Å². The fraction of sp³-hybridized carbons (Fsp3) is 0.250. The molecule has 0 unspecified atom stereocenters. The van der Waals surface area contributed by atoms with Gasteiger partial charge in [0.05, 0.1) is 7.11 Å². The number of methoxy groups -OCH3 is 1. The van der Waals surface area contributed by atoms with Crippen LogP contribution in [-0.2, 0) is 0 Å². The van der Waals surface area contributed by atoms with Crippen molar-refractivity contribution in [3.8, 4) is 5.75 Å². The predicted octanol–water partition coefficient (Wildman–Crippen LogP) is 2.98. The summed E-state index contributed by atoms with van der Waals surface area (Å²) < 4.78 is 17.8. The molecule has 15 heavy (non-hydrogen) atoms. The summed E-state index contributed by atoms with van der Waals surface area (Å²) in [6.45, 7) is 3.66. The van der Waals surface area contributed by atoms with Gasteiger partial charge in [0.1, 0.15) is 0 Å². The number of rotatable bonds is 3. The van der Waals surface area contributed by atoms with Crippen LogP contribution in [0.15, 0.2) is 29.8 Å². The summed E-state index contributed by atoms with van der Waals surface area (Å²) in [6.07, 6.45) is 1.51. The highest BCUT2D eigenvalue weighted by molar-refractivity contribution is 6.05. The molecular weight excluding hydrogens is 195 g/mol. The van der Waals surface area contributed by atoms with E-state index in [9.17, 15) is 9.18 Å². The maximum atomic E-state index is 13.0. The zero-order chi connectivity index (χ0) is 11.4. The third kappa shape index (κ3) is 2.91. The van der Waals surface area contributed by atoms with Crippen LogP contribution in [0.1, 0.15) is 24.2 Å². The smallest absolute Gasteiger partial charge is 0.185 e. The van der Waals surface area contributed by atoms with E-state index in [0.717, 1.165) is 5.57 Å². The Labute approximate surface area is 88.4 Å². The van der Waals surface area contributed by atoms with Gasteiger partial charge >= 0.3 is 0 Å². The SMILES string of the molecule is COc1cc(C(=O)C=C(C)C)ccc1F. The van der Waals surface area contributed by atoms with Gasteiger partial charge in [-0.2, -0.15) is 0 Å². The fourth-order valence-electron chi connectivity index (χ4n) is 1.16. The molecule has 0 aliphatic carbocycles. The van der Waals surface area contributed by atoms with Crippen molar-refractivity contribution in [2.24, 2.45) is 0 Å². The first-order chi connectivity index (χ1) is 7.04. The van der Waals surface area contributed by atoms with E-state index in [4.69, 9.17) is 4.74 Å². The Morgan fingerprint density at radius 1 is 1.40 bits per heavy atom. The molecule has 0 radical (unpaired) electrons. The van der Waals surface area contributed by atoms with E-state index in [1.807, 2.05) is 13.8 Å². The number of carbonyl (C=O) groups is 1. The van der Waals surface area contributed by atoms with Gasteiger partial charge in [-0.1, -0.05) is 5.57 Å². The van der Waals surface area contributed by atoms with E-state index in [-0.39, 0.29) is 11.5 Å². The van der Waals surface area contributed by atoms with Gasteiger partial charge in [0.25, 0.3) is 0 Å². The first-order valence-corrected chi connectivity index (χ1v) is 4.57. The van der Waals surface area contributed by atoms with Crippen LogP contribution in [0.3, 0.4) is 0 Å². The second-order valence-corrected chi connectivity index (χ2v) is 3.44. The average Bonchev–Trinajstić information content (AvgIpc) is 2.17. The van der Waals surface area contributed by atoms with Crippen molar-refractivity contribution in [3.63, 3.8) is 0 Å². The monoisotopic (exact) mass is 208 g/mol. The van der Waals surface area contributed by atoms with Gasteiger partial charge in [-0.05, 0) is 38.1 Å². The quantitative estimate of drug-likeness (QED) is 0.563. The minimum atomic E-state index is -0.466. The molecule has 0 bridgehead atoms. The van der Waals surface area contributed by atoms with Crippen molar-refractivity contribution in [2.75, 3.05) is 7.11 Å². The molecule has 2 nitrogen and oxygen atoms in total. The number of benzene rings is 1. The van der Waals surface area contributed by atoms with Crippen molar-refractivity contribution in [3.05, 3.63) is 41.2 Å². The van der Waals surface area contributed by atoms with Crippen LogP contribution in [0.5, 0.6) is 5.75 Å². The number of carbonyl (C=O) groups excluding carboxylic acids is 1. The van der Waals surface area contributed by atoms with Crippen molar-refractivity contribution in [1.29, 1.82) is 0 Å². The Kier molecular flexibility index (Phi) is 3.61. The molecular formula is C12H13FO2. The van der Waals surface area contributed by atoms with E-state index in [0.29, 0.717) is 5.56 Å². The van der Waals surface area contributed by atoms with Crippen molar-refractivity contribution in [2.45, 2.75) is 13.8 Å². The molecule has 1 rings (SSSR count). The van der Waals surface area contributed by atoms with Crippen LogP contribution < -0.4 is 4.74 Å². The number of allylic oxidation sites excluding steroid dienone is 2. The largest absolute Gasteiger partial charge is 0.494 e. The maximum absolute atomic E-state index is 13.0. The fourth-order valence-corrected chi connectivity index (χ4v) is 1.16. The third-order valence-corrected chi connectivity index (χ3v) is 1.86. The van der Waals surface area contributed by atoms with Crippen LogP contribution in [0.25, 0.3) is 0 Å². The first kappa shape index (κ1) is 11.4. The Morgan fingerprint density at radius 3 is 2.60 bits per heavy atom. The van der Waals surface area contributed by atoms with Crippen LogP contribution in [-0.4, -0.2) is 12.9 Å². The van der Waals surface area contributed by atoms with Crippen LogP contribution in [0, 0.1) is 5.82 Å². The maximum Gasteiger partial charge on any atom is 0.185 e. The van der Waals surface area contributed by atoms with Gasteiger partial charge in [0, 0.05) is 5.56 Å². The molecule has 0 aliphatic heterocycles. The summed E-state index contributed by atoms with van der Waals surface area (Å²) in [5.41, 5.74) is 1.33. The molecule has 80 valence electrons. The highest BCUT2D eigenvalue weighted by Gasteiger charge is 2.07. The average molecular weight is 208 g/mol. The van der Waals surface area contributed by atoms with E-state index in [1.165, 1.54) is 31.4 Å². The summed E-state index contributed by atoms with van der Waals surface area (Å²) in [5.74, 6) is -0.525. The number of ketones is 1. The van der Waals surface area contributed by atoms with Gasteiger partial charge in [-0.15, -0.1) is 0 Å². The minimum Gasteiger partial charge on any atom is -0.494 e. The Balaban J connectivity index is 3.06. The third-order valence-electron chi connectivity index (χ3n) is 1.86. The summed E-state index contributed by atoms with van der Waals surface area (Å²) in [5, 5.41) is 0. The molecule has 0 fully saturated rings. The lowest BCUT2D eigenvalue weighted by Crippen LogP contribution is -1.97. The van der Waals surface area contributed by atoms with Crippen LogP contribution in [0.4, 0.5) is 4.39 Å². The molecule has 0 spiro atoms. The zero-order valence-corrected chi connectivity index (χ0v) is 9.00. The van der Waals surface area contributed by atoms with Crippen molar-refractivity contribution in [1.82, 2.24) is 0 Å². The molecule has 0 N–H and O–H groups in total. The highest BCUT2D eigenvalue weighted by atomic mass is 19.1. The molecule has 0 aliphatic rings. The number of hydrogen-bond donors (Lipinski definition) is 0. The lowest BCUT2D eigenvalue weighted by Gasteiger charge is -2.03. The van der Waals surface area contributed by atoms with Crippen LogP contribution >= 0.6 is 0 Å². The summed E-state index contributed by atoms with van der Waals surface area (Å²) in [6, 6.07) is 4.07. The number of ether oxygens (including phenoxy) is 1. The van der Waals surface area contributed by atoms with Gasteiger partial charge in [-0.25, -0.2) is 4.39 Å². The lowest BCUT2D eigenvalue weighted by atomic mass is 10.1. The summed E-state index contributed by atoms with van der Waals surface area (Å²) in [4.78, 5) is 11.6. The summed E-state index contributed by atoms with van der Waals surface area (Å²) in [7, 11) is 1.37. The second kappa shape index (κ2) is 4.73. The van der Waals surface area contributed by atoms with E-state index >= 15 is 0 Å². The summed E-state index contributed by atoms with van der Waals surface area (Å²) >= 11 is 0. The van der Waals surface area contributed by atoms with Crippen molar-refractivity contribution < 1.29 is 13.9 Å². The Bertz CT molecular complexity index is 404. The predicted molar refractivity (Wildman–Crippen MR) is 56.7 cm³/mol. The van der Waals surface area contributed by atoms with E-state index < -0.39 is 5.82 Å². The lowest BCUT2D eigenvalue weighted by molar-refractivity contribution is 0.104. The van der Waals surface area contributed by atoms with Gasteiger partial charge < -0.3 is 4.74 Å². The minimum absolute atomic E-state index is 0.0861. The Morgan fingerprint density at radius 2 is 2.07 bits per heavy atom. The normalized spacial score (nSPS) is 9.60. The molecule has 0 saturated heterocycles. The topological polar surface area (TPSA) is 26.3 Å².